The number of ether oxygens (including phenoxy) is 3. The molecule has 0 saturated carbocycles. The number of nitrogens with one attached hydrogen (secondary N) is 1. The Morgan fingerprint density at radius 1 is 1.14 bits per heavy atom. The lowest BCUT2D eigenvalue weighted by molar-refractivity contribution is -0.122. The summed E-state index contributed by atoms with van der Waals surface area (Å²) in [5.41, 5.74) is 0. The van der Waals surface area contributed by atoms with Crippen molar-refractivity contribution in [2.45, 2.75) is 25.4 Å². The first-order chi connectivity index (χ1) is 13.7. The molecule has 0 spiro atoms. The van der Waals surface area contributed by atoms with Crippen molar-refractivity contribution < 1.29 is 19.0 Å². The monoisotopic (exact) mass is 404 g/mol. The fourth-order valence-electron chi connectivity index (χ4n) is 3.32. The molecule has 28 heavy (non-hydrogen) atoms. The standard InChI is InChI=1S/C21H28N2O4S/c1-25-18-6-3-7-19(26-2)21(18)27-16-9-12-23(13-10-16)15-20(24)22-11-8-17-5-4-14-28-17/h3-7,14,16H,8-13,15H2,1-2H3,(H,22,24). The first kappa shape index (κ1) is 20.5. The maximum absolute atomic E-state index is 12.2. The number of para-hydroxylation sites is 1. The predicted octanol–water partition coefficient (Wildman–Crippen LogP) is 2.97. The van der Waals surface area contributed by atoms with Gasteiger partial charge in [-0.25, -0.2) is 0 Å². The van der Waals surface area contributed by atoms with Crippen LogP contribution in [0.4, 0.5) is 0 Å². The summed E-state index contributed by atoms with van der Waals surface area (Å²) in [4.78, 5) is 15.6. The van der Waals surface area contributed by atoms with Gasteiger partial charge >= 0.3 is 0 Å². The van der Waals surface area contributed by atoms with E-state index in [1.54, 1.807) is 25.6 Å². The van der Waals surface area contributed by atoms with Gasteiger partial charge in [-0.1, -0.05) is 12.1 Å². The maximum atomic E-state index is 12.2. The predicted molar refractivity (Wildman–Crippen MR) is 111 cm³/mol. The number of methoxy groups -OCH3 is 2. The van der Waals surface area contributed by atoms with Crippen molar-refractivity contribution in [1.82, 2.24) is 10.2 Å². The normalized spacial score (nSPS) is 15.2. The van der Waals surface area contributed by atoms with Crippen LogP contribution < -0.4 is 19.5 Å². The van der Waals surface area contributed by atoms with Crippen molar-refractivity contribution in [3.8, 4) is 17.2 Å². The second-order valence-corrected chi connectivity index (χ2v) is 7.80. The van der Waals surface area contributed by atoms with Gasteiger partial charge in [0.2, 0.25) is 11.7 Å². The Bertz CT molecular complexity index is 721. The van der Waals surface area contributed by atoms with E-state index in [1.165, 1.54) is 4.88 Å². The Morgan fingerprint density at radius 3 is 2.46 bits per heavy atom. The van der Waals surface area contributed by atoms with Gasteiger partial charge in [-0.3, -0.25) is 9.69 Å². The number of piperidine rings is 1. The number of amides is 1. The maximum Gasteiger partial charge on any atom is 0.234 e. The number of carbonyl (C=O) groups excluding carboxylic acids is 1. The van der Waals surface area contributed by atoms with E-state index in [0.29, 0.717) is 30.3 Å². The summed E-state index contributed by atoms with van der Waals surface area (Å²) >= 11 is 1.72. The lowest BCUT2D eigenvalue weighted by Gasteiger charge is -2.32. The molecule has 0 unspecified atom stereocenters. The van der Waals surface area contributed by atoms with E-state index in [0.717, 1.165) is 32.4 Å². The Kier molecular flexibility index (Phi) is 7.56. The molecule has 3 rings (SSSR count). The van der Waals surface area contributed by atoms with Crippen molar-refractivity contribution >= 4 is 17.2 Å². The van der Waals surface area contributed by atoms with Crippen LogP contribution in [0.15, 0.2) is 35.7 Å². The summed E-state index contributed by atoms with van der Waals surface area (Å²) in [6.45, 7) is 2.79. The van der Waals surface area contributed by atoms with Gasteiger partial charge < -0.3 is 19.5 Å². The zero-order valence-corrected chi connectivity index (χ0v) is 17.3. The summed E-state index contributed by atoms with van der Waals surface area (Å²) in [5.74, 6) is 2.08. The van der Waals surface area contributed by atoms with E-state index < -0.39 is 0 Å². The Balaban J connectivity index is 1.41. The van der Waals surface area contributed by atoms with Gasteiger partial charge in [0.05, 0.1) is 20.8 Å². The number of rotatable bonds is 9. The minimum absolute atomic E-state index is 0.0855. The molecule has 0 atom stereocenters. The van der Waals surface area contributed by atoms with Crippen LogP contribution in [0.5, 0.6) is 17.2 Å². The van der Waals surface area contributed by atoms with Crippen LogP contribution >= 0.6 is 11.3 Å². The Labute approximate surface area is 170 Å². The number of hydrogen-bond acceptors (Lipinski definition) is 6. The first-order valence-electron chi connectivity index (χ1n) is 9.58. The molecule has 0 radical (unpaired) electrons. The van der Waals surface area contributed by atoms with Gasteiger partial charge in [0, 0.05) is 24.5 Å². The van der Waals surface area contributed by atoms with E-state index in [2.05, 4.69) is 21.7 Å². The number of thiophene rings is 1. The molecule has 1 aromatic carbocycles. The highest BCUT2D eigenvalue weighted by Gasteiger charge is 2.24. The third kappa shape index (κ3) is 5.62. The van der Waals surface area contributed by atoms with Crippen molar-refractivity contribution in [3.63, 3.8) is 0 Å². The largest absolute Gasteiger partial charge is 0.493 e. The minimum atomic E-state index is 0.0855. The van der Waals surface area contributed by atoms with Crippen LogP contribution in [0.1, 0.15) is 17.7 Å². The molecule has 1 N–H and O–H groups in total. The molecule has 0 bridgehead atoms. The van der Waals surface area contributed by atoms with Crippen LogP contribution in [0.3, 0.4) is 0 Å². The Hall–Kier alpha value is -2.25. The van der Waals surface area contributed by atoms with Crippen LogP contribution in [-0.4, -0.2) is 57.3 Å². The van der Waals surface area contributed by atoms with E-state index in [9.17, 15) is 4.79 Å². The van der Waals surface area contributed by atoms with E-state index >= 15 is 0 Å². The molecule has 1 aromatic heterocycles. The minimum Gasteiger partial charge on any atom is -0.493 e. The van der Waals surface area contributed by atoms with Crippen LogP contribution in [0, 0.1) is 0 Å². The average Bonchev–Trinajstić information content (AvgIpc) is 3.23. The second kappa shape index (κ2) is 10.3. The molecule has 1 amide bonds. The molecule has 1 aliphatic rings. The highest BCUT2D eigenvalue weighted by Crippen LogP contribution is 2.38. The zero-order valence-electron chi connectivity index (χ0n) is 16.5. The molecule has 1 saturated heterocycles. The molecule has 7 heteroatoms. The lowest BCUT2D eigenvalue weighted by atomic mass is 10.1. The van der Waals surface area contributed by atoms with Crippen molar-refractivity contribution in [2.24, 2.45) is 0 Å². The van der Waals surface area contributed by atoms with Crippen LogP contribution in [0.25, 0.3) is 0 Å². The van der Waals surface area contributed by atoms with Crippen molar-refractivity contribution in [2.75, 3.05) is 40.4 Å². The highest BCUT2D eigenvalue weighted by atomic mass is 32.1. The van der Waals surface area contributed by atoms with Gasteiger partial charge in [-0.15, -0.1) is 11.3 Å². The van der Waals surface area contributed by atoms with Crippen LogP contribution in [0.2, 0.25) is 0 Å². The van der Waals surface area contributed by atoms with Gasteiger partial charge in [-0.2, -0.15) is 0 Å². The zero-order chi connectivity index (χ0) is 19.8. The third-order valence-corrected chi connectivity index (χ3v) is 5.78. The van der Waals surface area contributed by atoms with Gasteiger partial charge in [0.25, 0.3) is 0 Å². The fourth-order valence-corrected chi connectivity index (χ4v) is 4.03. The Morgan fingerprint density at radius 2 is 1.86 bits per heavy atom. The first-order valence-corrected chi connectivity index (χ1v) is 10.5. The molecule has 1 fully saturated rings. The number of likely N-dealkylation sites (tertiary alicyclic amines) is 1. The molecular weight excluding hydrogens is 376 g/mol. The molecule has 2 aromatic rings. The van der Waals surface area contributed by atoms with Crippen molar-refractivity contribution in [1.29, 1.82) is 0 Å². The summed E-state index contributed by atoms with van der Waals surface area (Å²) in [7, 11) is 3.25. The van der Waals surface area contributed by atoms with Gasteiger partial charge in [0.15, 0.2) is 11.5 Å². The second-order valence-electron chi connectivity index (χ2n) is 6.76. The van der Waals surface area contributed by atoms with E-state index in [-0.39, 0.29) is 12.0 Å². The molecule has 2 heterocycles. The van der Waals surface area contributed by atoms with Gasteiger partial charge in [-0.05, 0) is 42.8 Å². The molecule has 6 nitrogen and oxygen atoms in total. The number of hydrogen-bond donors (Lipinski definition) is 1. The smallest absolute Gasteiger partial charge is 0.234 e. The SMILES string of the molecule is COc1cccc(OC)c1OC1CCN(CC(=O)NCCc2cccs2)CC1. The summed E-state index contributed by atoms with van der Waals surface area (Å²) < 4.78 is 17.0. The number of nitrogens with zero attached hydrogens (tertiary/aromatic N) is 1. The average molecular weight is 405 g/mol. The molecule has 152 valence electrons. The summed E-state index contributed by atoms with van der Waals surface area (Å²) in [6.07, 6.45) is 2.70. The molecule has 0 aliphatic carbocycles. The van der Waals surface area contributed by atoms with Crippen LogP contribution in [-0.2, 0) is 11.2 Å². The quantitative estimate of drug-likeness (QED) is 0.696. The van der Waals surface area contributed by atoms with E-state index in [1.807, 2.05) is 24.3 Å². The summed E-state index contributed by atoms with van der Waals surface area (Å²) in [5, 5.41) is 5.07. The van der Waals surface area contributed by atoms with Crippen molar-refractivity contribution in [3.05, 3.63) is 40.6 Å². The molecular formula is C21H28N2O4S. The third-order valence-electron chi connectivity index (χ3n) is 4.84. The molecule has 1 aliphatic heterocycles. The van der Waals surface area contributed by atoms with E-state index in [4.69, 9.17) is 14.2 Å². The van der Waals surface area contributed by atoms with Gasteiger partial charge in [0.1, 0.15) is 6.10 Å². The fraction of sp³-hybridized carbons (Fsp3) is 0.476. The summed E-state index contributed by atoms with van der Waals surface area (Å²) in [6, 6.07) is 9.75. The number of benzene rings is 1. The highest BCUT2D eigenvalue weighted by molar-refractivity contribution is 7.09. The number of carbonyl (C=O) groups is 1. The lowest BCUT2D eigenvalue weighted by Crippen LogP contribution is -2.44. The topological polar surface area (TPSA) is 60.0 Å².